The minimum absolute atomic E-state index is 0.0184. The van der Waals surface area contributed by atoms with E-state index in [1.807, 2.05) is 20.8 Å². The number of hydrogen-bond acceptors (Lipinski definition) is 14. The lowest BCUT2D eigenvalue weighted by atomic mass is 9.34. The lowest BCUT2D eigenvalue weighted by molar-refractivity contribution is -0.339. The number of rotatable bonds is 11. The van der Waals surface area contributed by atoms with Crippen molar-refractivity contribution in [3.05, 3.63) is 11.6 Å². The molecule has 0 radical (unpaired) electrons. The minimum atomic E-state index is -1.58. The van der Waals surface area contributed by atoms with Gasteiger partial charge in [-0.3, -0.25) is 0 Å². The van der Waals surface area contributed by atoms with Crippen LogP contribution in [0.25, 0.3) is 0 Å². The first kappa shape index (κ1) is 44.7. The van der Waals surface area contributed by atoms with E-state index < -0.39 is 103 Å². The summed E-state index contributed by atoms with van der Waals surface area (Å²) in [6, 6.07) is 0. The highest BCUT2D eigenvalue weighted by molar-refractivity contribution is 5.21. The summed E-state index contributed by atoms with van der Waals surface area (Å²) < 4.78 is 24.8. The molecule has 0 bridgehead atoms. The standard InChI is InChI=1S/C42H72O14/c1-21(2)9-8-13-41(7,56-37-35(52)33(50)31(48)25(19-44)54-37)22-10-14-40(6)29(22)23(46)17-27-39(40,5)15-11-26-38(3,4)28(12-16-42(26,27)20-45)55-36-34(51)32(49)30(47)24(18-43)53-36/h9,22-37,43-52H,8,10-20H2,1-7H3/t22?,23?,24-,25-,26?,27?,28?,29?,30-,31-,32+,33+,34-,35-,36+,37+,39?,40?,41?,42?/m1/s1. The Hall–Kier alpha value is -0.820. The van der Waals surface area contributed by atoms with E-state index in [-0.39, 0.29) is 41.1 Å². The zero-order valence-corrected chi connectivity index (χ0v) is 34.4. The molecule has 14 nitrogen and oxygen atoms in total. The number of ether oxygens (including phenoxy) is 4. The highest BCUT2D eigenvalue weighted by atomic mass is 16.7. The average molecular weight is 801 g/mol. The zero-order chi connectivity index (χ0) is 41.3. The number of fused-ring (bicyclic) bond motifs is 5. The highest BCUT2D eigenvalue weighted by Gasteiger charge is 2.73. The Morgan fingerprint density at radius 3 is 1.86 bits per heavy atom. The van der Waals surface area contributed by atoms with Crippen LogP contribution in [-0.2, 0) is 18.9 Å². The summed E-state index contributed by atoms with van der Waals surface area (Å²) in [7, 11) is 0. The molecule has 0 spiro atoms. The molecule has 6 fully saturated rings. The van der Waals surface area contributed by atoms with Gasteiger partial charge in [-0.05, 0) is 118 Å². The van der Waals surface area contributed by atoms with E-state index in [1.165, 1.54) is 0 Å². The minimum Gasteiger partial charge on any atom is -0.396 e. The van der Waals surface area contributed by atoms with Crippen molar-refractivity contribution >= 4 is 0 Å². The van der Waals surface area contributed by atoms with E-state index in [9.17, 15) is 51.1 Å². The number of aliphatic hydroxyl groups is 10. The van der Waals surface area contributed by atoms with Crippen LogP contribution >= 0.6 is 0 Å². The van der Waals surface area contributed by atoms with E-state index in [1.54, 1.807) is 0 Å². The summed E-state index contributed by atoms with van der Waals surface area (Å²) in [6.07, 6.45) is -6.97. The Kier molecular flexibility index (Phi) is 13.0. The van der Waals surface area contributed by atoms with E-state index in [0.717, 1.165) is 31.3 Å². The van der Waals surface area contributed by atoms with Crippen LogP contribution in [-0.4, -0.2) is 150 Å². The Balaban J connectivity index is 1.28. The molecule has 2 heterocycles. The van der Waals surface area contributed by atoms with E-state index in [2.05, 4.69) is 33.8 Å². The van der Waals surface area contributed by atoms with Crippen LogP contribution in [0.4, 0.5) is 0 Å². The first-order valence-electron chi connectivity index (χ1n) is 21.0. The summed E-state index contributed by atoms with van der Waals surface area (Å²) in [4.78, 5) is 0. The molecule has 6 rings (SSSR count). The Morgan fingerprint density at radius 1 is 0.714 bits per heavy atom. The van der Waals surface area contributed by atoms with Crippen LogP contribution < -0.4 is 0 Å². The van der Waals surface area contributed by atoms with E-state index in [0.29, 0.717) is 32.1 Å². The van der Waals surface area contributed by atoms with Crippen molar-refractivity contribution < 1.29 is 70.0 Å². The molecule has 2 aliphatic heterocycles. The molecule has 0 aromatic heterocycles. The molecule has 2 saturated heterocycles. The molecule has 56 heavy (non-hydrogen) atoms. The van der Waals surface area contributed by atoms with Gasteiger partial charge in [0.05, 0.1) is 31.0 Å². The average Bonchev–Trinajstić information content (AvgIpc) is 3.54. The second kappa shape index (κ2) is 16.2. The van der Waals surface area contributed by atoms with Crippen LogP contribution in [0.5, 0.6) is 0 Å². The van der Waals surface area contributed by atoms with Gasteiger partial charge in [0.15, 0.2) is 12.6 Å². The lowest BCUT2D eigenvalue weighted by Gasteiger charge is -2.71. The fraction of sp³-hybridized carbons (Fsp3) is 0.952. The topological polar surface area (TPSA) is 239 Å². The van der Waals surface area contributed by atoms with Gasteiger partial charge in [-0.1, -0.05) is 39.3 Å². The van der Waals surface area contributed by atoms with Gasteiger partial charge in [-0.2, -0.15) is 0 Å². The Bertz CT molecular complexity index is 1390. The predicted octanol–water partition coefficient (Wildman–Crippen LogP) is 1.12. The third-order valence-electron chi connectivity index (χ3n) is 16.7. The van der Waals surface area contributed by atoms with Gasteiger partial charge < -0.3 is 70.0 Å². The maximum absolute atomic E-state index is 12.5. The van der Waals surface area contributed by atoms with Gasteiger partial charge in [-0.25, -0.2) is 0 Å². The molecule has 4 saturated carbocycles. The summed E-state index contributed by atoms with van der Waals surface area (Å²) in [6.45, 7) is 13.7. The van der Waals surface area contributed by atoms with Crippen molar-refractivity contribution in [3.63, 3.8) is 0 Å². The number of aliphatic hydroxyl groups excluding tert-OH is 10. The van der Waals surface area contributed by atoms with E-state index in [4.69, 9.17) is 18.9 Å². The first-order chi connectivity index (χ1) is 26.2. The van der Waals surface area contributed by atoms with E-state index >= 15 is 0 Å². The van der Waals surface area contributed by atoms with Gasteiger partial charge in [0.25, 0.3) is 0 Å². The Labute approximate surface area is 331 Å². The summed E-state index contributed by atoms with van der Waals surface area (Å²) in [5.74, 6) is -0.420. The summed E-state index contributed by atoms with van der Waals surface area (Å²) in [5, 5.41) is 108. The van der Waals surface area contributed by atoms with Gasteiger partial charge >= 0.3 is 0 Å². The molecular weight excluding hydrogens is 728 g/mol. The van der Waals surface area contributed by atoms with Crippen LogP contribution in [0.1, 0.15) is 106 Å². The van der Waals surface area contributed by atoms with Crippen molar-refractivity contribution in [3.8, 4) is 0 Å². The third-order valence-corrected chi connectivity index (χ3v) is 16.7. The molecule has 10 unspecified atom stereocenters. The maximum atomic E-state index is 12.5. The monoisotopic (exact) mass is 800 g/mol. The molecule has 10 N–H and O–H groups in total. The van der Waals surface area contributed by atoms with Crippen molar-refractivity contribution in [1.82, 2.24) is 0 Å². The fourth-order valence-electron chi connectivity index (χ4n) is 13.4. The molecule has 4 aliphatic carbocycles. The lowest BCUT2D eigenvalue weighted by Crippen LogP contribution is -2.69. The molecule has 324 valence electrons. The van der Waals surface area contributed by atoms with Crippen LogP contribution in [0.15, 0.2) is 11.6 Å². The molecule has 20 atom stereocenters. The second-order valence-electron chi connectivity index (χ2n) is 20.0. The van der Waals surface area contributed by atoms with Gasteiger partial charge in [0, 0.05) is 12.0 Å². The molecule has 14 heteroatoms. The zero-order valence-electron chi connectivity index (χ0n) is 34.4. The van der Waals surface area contributed by atoms with Crippen molar-refractivity contribution in [2.24, 2.45) is 45.3 Å². The Morgan fingerprint density at radius 2 is 1.29 bits per heavy atom. The number of allylic oxidation sites excluding steroid dienone is 2. The first-order valence-corrected chi connectivity index (χ1v) is 21.0. The molecule has 0 amide bonds. The fourth-order valence-corrected chi connectivity index (χ4v) is 13.4. The smallest absolute Gasteiger partial charge is 0.187 e. The molecular formula is C42H72O14. The number of hydrogen-bond donors (Lipinski definition) is 10. The quantitative estimate of drug-likeness (QED) is 0.104. The van der Waals surface area contributed by atoms with Crippen LogP contribution in [0.2, 0.25) is 0 Å². The second-order valence-corrected chi connectivity index (χ2v) is 20.0. The van der Waals surface area contributed by atoms with Gasteiger partial charge in [0.1, 0.15) is 48.8 Å². The molecule has 0 aromatic carbocycles. The van der Waals surface area contributed by atoms with Crippen LogP contribution in [0, 0.1) is 45.3 Å². The maximum Gasteiger partial charge on any atom is 0.187 e. The van der Waals surface area contributed by atoms with Crippen molar-refractivity contribution in [2.75, 3.05) is 19.8 Å². The van der Waals surface area contributed by atoms with Crippen LogP contribution in [0.3, 0.4) is 0 Å². The summed E-state index contributed by atoms with van der Waals surface area (Å²) >= 11 is 0. The molecule has 0 aromatic rings. The third kappa shape index (κ3) is 7.06. The summed E-state index contributed by atoms with van der Waals surface area (Å²) in [5.41, 5.74) is -1.50. The largest absolute Gasteiger partial charge is 0.396 e. The molecule has 6 aliphatic rings. The predicted molar refractivity (Wildman–Crippen MR) is 202 cm³/mol. The normalized spacial score (nSPS) is 51.3. The highest BCUT2D eigenvalue weighted by Crippen LogP contribution is 2.76. The van der Waals surface area contributed by atoms with Gasteiger partial charge in [0.2, 0.25) is 0 Å². The SMILES string of the molecule is CC(C)=CCCC(C)(O[C@@H]1O[C@H](CO)[C@@H](O)[C@H](O)[C@H]1O)C1CCC2(C)C1C(O)CC1C3(CO)CCC(O[C@@H]4O[C@H](CO)[C@@H](O)[C@H](O)[C@H]4O)C(C)(C)C3CCC12C. The van der Waals surface area contributed by atoms with Crippen molar-refractivity contribution in [2.45, 2.75) is 185 Å². The van der Waals surface area contributed by atoms with Crippen molar-refractivity contribution in [1.29, 1.82) is 0 Å². The van der Waals surface area contributed by atoms with Gasteiger partial charge in [-0.15, -0.1) is 0 Å².